The average Bonchev–Trinajstić information content (AvgIpc) is 2.24. The van der Waals surface area contributed by atoms with Gasteiger partial charge in [-0.05, 0) is 58.9 Å². The first-order chi connectivity index (χ1) is 9.49. The molecule has 21 heavy (non-hydrogen) atoms. The highest BCUT2D eigenvalue weighted by Gasteiger charge is 2.22. The lowest BCUT2D eigenvalue weighted by molar-refractivity contribution is 0.0570. The van der Waals surface area contributed by atoms with Gasteiger partial charge in [0.2, 0.25) is 0 Å². The number of hydrogen-bond donors (Lipinski definition) is 1. The molecule has 0 radical (unpaired) electrons. The number of sulfonamides is 1. The lowest BCUT2D eigenvalue weighted by atomic mass is 10.2. The van der Waals surface area contributed by atoms with Crippen LogP contribution in [0.4, 0.5) is 4.79 Å². The number of hydrogen-bond acceptors (Lipinski definition) is 5. The molecule has 0 aliphatic carbocycles. The lowest BCUT2D eigenvalue weighted by Gasteiger charge is -2.19. The van der Waals surface area contributed by atoms with Gasteiger partial charge in [0.25, 0.3) is 10.0 Å². The van der Waals surface area contributed by atoms with Crippen molar-refractivity contribution in [1.29, 1.82) is 0 Å². The number of carbonyl (C=O) groups excluding carboxylic acids is 1. The van der Waals surface area contributed by atoms with E-state index >= 15 is 0 Å². The van der Waals surface area contributed by atoms with Crippen molar-refractivity contribution in [2.24, 2.45) is 0 Å². The second-order valence-corrected chi connectivity index (χ2v) is 7.43. The van der Waals surface area contributed by atoms with Crippen LogP contribution in [0.5, 0.6) is 5.75 Å². The molecule has 0 heterocycles. The molecule has 1 amide bonds. The number of ether oxygens (including phenoxy) is 2. The SMILES string of the molecule is CC(C)Oc1ccc(S(=O)(=O)NC(=O)OC(C)(C)C)cc1. The van der Waals surface area contributed by atoms with Gasteiger partial charge in [-0.2, -0.15) is 0 Å². The van der Waals surface area contributed by atoms with Crippen LogP contribution in [0.1, 0.15) is 34.6 Å². The van der Waals surface area contributed by atoms with Crippen LogP contribution in [-0.2, 0) is 14.8 Å². The van der Waals surface area contributed by atoms with Crippen LogP contribution in [0.15, 0.2) is 29.2 Å². The third-order valence-corrected chi connectivity index (χ3v) is 3.45. The molecule has 0 aromatic heterocycles. The van der Waals surface area contributed by atoms with E-state index in [0.717, 1.165) is 0 Å². The summed E-state index contributed by atoms with van der Waals surface area (Å²) >= 11 is 0. The maximum absolute atomic E-state index is 12.0. The molecule has 1 aromatic carbocycles. The first kappa shape index (κ1) is 17.3. The molecular formula is C14H21NO5S. The van der Waals surface area contributed by atoms with Gasteiger partial charge in [-0.15, -0.1) is 0 Å². The van der Waals surface area contributed by atoms with Crippen LogP contribution in [0.25, 0.3) is 0 Å². The molecule has 118 valence electrons. The molecule has 7 heteroatoms. The minimum absolute atomic E-state index is 0.00709. The Morgan fingerprint density at radius 1 is 1.14 bits per heavy atom. The zero-order valence-corrected chi connectivity index (χ0v) is 13.7. The van der Waals surface area contributed by atoms with E-state index in [2.05, 4.69) is 0 Å². The Bertz CT molecular complexity index is 585. The van der Waals surface area contributed by atoms with E-state index in [4.69, 9.17) is 9.47 Å². The van der Waals surface area contributed by atoms with Crippen molar-refractivity contribution in [2.75, 3.05) is 0 Å². The van der Waals surface area contributed by atoms with E-state index in [9.17, 15) is 13.2 Å². The van der Waals surface area contributed by atoms with Gasteiger partial charge in [0.15, 0.2) is 0 Å². The minimum atomic E-state index is -3.96. The second-order valence-electron chi connectivity index (χ2n) is 5.75. The van der Waals surface area contributed by atoms with Crippen molar-refractivity contribution in [1.82, 2.24) is 4.72 Å². The number of rotatable bonds is 4. The van der Waals surface area contributed by atoms with Gasteiger partial charge < -0.3 is 9.47 Å². The molecule has 0 aliphatic heterocycles. The molecule has 0 spiro atoms. The van der Waals surface area contributed by atoms with Crippen LogP contribution >= 0.6 is 0 Å². The average molecular weight is 315 g/mol. The maximum Gasteiger partial charge on any atom is 0.421 e. The van der Waals surface area contributed by atoms with Crippen LogP contribution in [0, 0.1) is 0 Å². The highest BCUT2D eigenvalue weighted by Crippen LogP contribution is 2.17. The minimum Gasteiger partial charge on any atom is -0.491 e. The summed E-state index contributed by atoms with van der Waals surface area (Å²) < 4.78 is 36.2. The van der Waals surface area contributed by atoms with Crippen LogP contribution in [0.3, 0.4) is 0 Å². The summed E-state index contributed by atoms with van der Waals surface area (Å²) in [5.41, 5.74) is -0.769. The van der Waals surface area contributed by atoms with Crippen molar-refractivity contribution >= 4 is 16.1 Å². The van der Waals surface area contributed by atoms with E-state index < -0.39 is 21.7 Å². The van der Waals surface area contributed by atoms with Gasteiger partial charge in [-0.1, -0.05) is 0 Å². The number of carbonyl (C=O) groups is 1. The fourth-order valence-electron chi connectivity index (χ4n) is 1.44. The largest absolute Gasteiger partial charge is 0.491 e. The fraction of sp³-hybridized carbons (Fsp3) is 0.500. The fourth-order valence-corrected chi connectivity index (χ4v) is 2.31. The van der Waals surface area contributed by atoms with Crippen molar-refractivity contribution in [3.8, 4) is 5.75 Å². The van der Waals surface area contributed by atoms with Crippen molar-refractivity contribution in [3.63, 3.8) is 0 Å². The quantitative estimate of drug-likeness (QED) is 0.923. The lowest BCUT2D eigenvalue weighted by Crippen LogP contribution is -2.36. The first-order valence-electron chi connectivity index (χ1n) is 6.52. The Hall–Kier alpha value is -1.76. The Balaban J connectivity index is 2.81. The van der Waals surface area contributed by atoms with Gasteiger partial charge in [0.05, 0.1) is 11.0 Å². The molecule has 0 atom stereocenters. The second kappa shape index (κ2) is 6.34. The predicted octanol–water partition coefficient (Wildman–Crippen LogP) is 2.69. The summed E-state index contributed by atoms with van der Waals surface area (Å²) in [7, 11) is -3.96. The summed E-state index contributed by atoms with van der Waals surface area (Å²) in [5, 5.41) is 0. The molecule has 0 fully saturated rings. The Morgan fingerprint density at radius 3 is 2.10 bits per heavy atom. The zero-order chi connectivity index (χ0) is 16.3. The monoisotopic (exact) mass is 315 g/mol. The third-order valence-electron chi connectivity index (χ3n) is 2.12. The smallest absolute Gasteiger partial charge is 0.421 e. The zero-order valence-electron chi connectivity index (χ0n) is 12.8. The summed E-state index contributed by atoms with van der Waals surface area (Å²) in [6.45, 7) is 8.69. The molecule has 0 saturated carbocycles. The molecule has 1 aromatic rings. The Labute approximate surface area is 125 Å². The van der Waals surface area contributed by atoms with Gasteiger partial charge in [0.1, 0.15) is 11.4 Å². The first-order valence-corrected chi connectivity index (χ1v) is 8.00. The molecule has 1 N–H and O–H groups in total. The van der Waals surface area contributed by atoms with Crippen LogP contribution < -0.4 is 9.46 Å². The summed E-state index contributed by atoms with van der Waals surface area (Å²) in [5.74, 6) is 0.557. The van der Waals surface area contributed by atoms with E-state index in [0.29, 0.717) is 5.75 Å². The Kier molecular flexibility index (Phi) is 5.22. The molecular weight excluding hydrogens is 294 g/mol. The summed E-state index contributed by atoms with van der Waals surface area (Å²) in [4.78, 5) is 11.5. The van der Waals surface area contributed by atoms with Crippen molar-refractivity contribution < 1.29 is 22.7 Å². The van der Waals surface area contributed by atoms with Crippen LogP contribution in [0.2, 0.25) is 0 Å². The van der Waals surface area contributed by atoms with E-state index in [-0.39, 0.29) is 11.0 Å². The standard InChI is InChI=1S/C14H21NO5S/c1-10(2)19-11-6-8-12(9-7-11)21(17,18)15-13(16)20-14(3,4)5/h6-10H,1-5H3,(H,15,16). The molecule has 0 aliphatic rings. The van der Waals surface area contributed by atoms with Gasteiger partial charge >= 0.3 is 6.09 Å². The Morgan fingerprint density at radius 2 is 1.67 bits per heavy atom. The third kappa shape index (κ3) is 6.03. The number of amides is 1. The summed E-state index contributed by atoms with van der Waals surface area (Å²) in [6.07, 6.45) is -1.02. The van der Waals surface area contributed by atoms with Gasteiger partial charge in [-0.3, -0.25) is 0 Å². The predicted molar refractivity (Wildman–Crippen MR) is 78.8 cm³/mol. The molecule has 0 bridgehead atoms. The van der Waals surface area contributed by atoms with Crippen molar-refractivity contribution in [2.45, 2.75) is 51.2 Å². The van der Waals surface area contributed by atoms with Crippen LogP contribution in [-0.4, -0.2) is 26.2 Å². The van der Waals surface area contributed by atoms with E-state index in [1.807, 2.05) is 18.6 Å². The molecule has 1 rings (SSSR count). The van der Waals surface area contributed by atoms with Gasteiger partial charge in [0, 0.05) is 0 Å². The maximum atomic E-state index is 12.0. The summed E-state index contributed by atoms with van der Waals surface area (Å²) in [6, 6.07) is 5.79. The molecule has 0 saturated heterocycles. The van der Waals surface area contributed by atoms with E-state index in [1.165, 1.54) is 24.3 Å². The normalized spacial score (nSPS) is 12.1. The molecule has 0 unspecified atom stereocenters. The van der Waals surface area contributed by atoms with Gasteiger partial charge in [-0.25, -0.2) is 17.9 Å². The topological polar surface area (TPSA) is 81.7 Å². The molecule has 6 nitrogen and oxygen atoms in total. The highest BCUT2D eigenvalue weighted by molar-refractivity contribution is 7.90. The number of benzene rings is 1. The van der Waals surface area contributed by atoms with E-state index in [1.54, 1.807) is 20.8 Å². The van der Waals surface area contributed by atoms with Crippen molar-refractivity contribution in [3.05, 3.63) is 24.3 Å². The number of nitrogens with one attached hydrogen (secondary N) is 1. The highest BCUT2D eigenvalue weighted by atomic mass is 32.2.